The molecule has 1 aliphatic heterocycles. The molecule has 6 nitrogen and oxygen atoms in total. The van der Waals surface area contributed by atoms with Crippen molar-refractivity contribution in [2.45, 2.75) is 46.5 Å². The number of carbonyl (C=O) groups excluding carboxylic acids is 2. The number of nitrogens with one attached hydrogen (secondary N) is 1. The molecule has 0 aliphatic carbocycles. The highest BCUT2D eigenvalue weighted by Gasteiger charge is 2.24. The lowest BCUT2D eigenvalue weighted by atomic mass is 9.92. The van der Waals surface area contributed by atoms with Crippen LogP contribution in [0.4, 0.5) is 10.5 Å². The summed E-state index contributed by atoms with van der Waals surface area (Å²) in [6.07, 6.45) is -0.269. The van der Waals surface area contributed by atoms with Gasteiger partial charge in [-0.05, 0) is 29.9 Å². The molecule has 1 N–H and O–H groups in total. The number of nitrogens with zero attached hydrogens (tertiary/aromatic N) is 2. The highest BCUT2D eigenvalue weighted by atomic mass is 16.6. The molecule has 0 saturated carbocycles. The fourth-order valence-corrected chi connectivity index (χ4v) is 3.38. The third-order valence-corrected chi connectivity index (χ3v) is 4.90. The lowest BCUT2D eigenvalue weighted by molar-refractivity contribution is -0.117. The zero-order valence-corrected chi connectivity index (χ0v) is 17.2. The third kappa shape index (κ3) is 5.70. The zero-order valence-electron chi connectivity index (χ0n) is 17.2. The van der Waals surface area contributed by atoms with Crippen molar-refractivity contribution in [3.63, 3.8) is 0 Å². The predicted molar refractivity (Wildman–Crippen MR) is 108 cm³/mol. The van der Waals surface area contributed by atoms with Crippen molar-refractivity contribution in [2.75, 3.05) is 44.6 Å². The van der Waals surface area contributed by atoms with Gasteiger partial charge in [-0.2, -0.15) is 0 Å². The van der Waals surface area contributed by atoms with E-state index in [0.717, 1.165) is 5.69 Å². The number of anilines is 1. The summed E-state index contributed by atoms with van der Waals surface area (Å²) >= 11 is 0. The van der Waals surface area contributed by atoms with Crippen LogP contribution in [0.25, 0.3) is 0 Å². The molecule has 1 aromatic carbocycles. The maximum absolute atomic E-state index is 12.7. The van der Waals surface area contributed by atoms with E-state index < -0.39 is 0 Å². The van der Waals surface area contributed by atoms with Gasteiger partial charge in [0.2, 0.25) is 5.91 Å². The fourth-order valence-electron chi connectivity index (χ4n) is 3.38. The van der Waals surface area contributed by atoms with Crippen LogP contribution in [0.15, 0.2) is 18.2 Å². The quantitative estimate of drug-likeness (QED) is 0.824. The van der Waals surface area contributed by atoms with Crippen molar-refractivity contribution >= 4 is 17.7 Å². The van der Waals surface area contributed by atoms with Gasteiger partial charge in [0.1, 0.15) is 0 Å². The van der Waals surface area contributed by atoms with E-state index in [1.807, 2.05) is 0 Å². The van der Waals surface area contributed by atoms with Crippen LogP contribution in [-0.2, 0) is 9.53 Å². The molecule has 0 radical (unpaired) electrons. The second-order valence-electron chi connectivity index (χ2n) is 7.63. The molecule has 0 atom stereocenters. The van der Waals surface area contributed by atoms with E-state index in [9.17, 15) is 9.59 Å². The molecule has 27 heavy (non-hydrogen) atoms. The second kappa shape index (κ2) is 9.74. The number of benzene rings is 1. The predicted octanol–water partition coefficient (Wildman–Crippen LogP) is 3.65. The van der Waals surface area contributed by atoms with E-state index >= 15 is 0 Å². The van der Waals surface area contributed by atoms with E-state index in [2.05, 4.69) is 56.1 Å². The van der Waals surface area contributed by atoms with Crippen LogP contribution in [0.3, 0.4) is 0 Å². The monoisotopic (exact) mass is 375 g/mol. The Balaban J connectivity index is 1.98. The fraction of sp³-hybridized carbons (Fsp3) is 0.619. The number of rotatable bonds is 6. The van der Waals surface area contributed by atoms with Gasteiger partial charge in [-0.15, -0.1) is 0 Å². The summed E-state index contributed by atoms with van der Waals surface area (Å²) in [5, 5.41) is 3.16. The molecule has 0 spiro atoms. The maximum atomic E-state index is 12.7. The average molecular weight is 376 g/mol. The Morgan fingerprint density at radius 2 is 1.59 bits per heavy atom. The lowest BCUT2D eigenvalue weighted by Gasteiger charge is -2.33. The van der Waals surface area contributed by atoms with Gasteiger partial charge in [0.05, 0.1) is 13.2 Å². The molecule has 0 aromatic heterocycles. The van der Waals surface area contributed by atoms with E-state index in [1.165, 1.54) is 11.1 Å². The summed E-state index contributed by atoms with van der Waals surface area (Å²) in [6, 6.07) is 6.24. The van der Waals surface area contributed by atoms with E-state index in [1.54, 1.807) is 11.8 Å². The Morgan fingerprint density at radius 3 is 2.07 bits per heavy atom. The Morgan fingerprint density at radius 1 is 1.04 bits per heavy atom. The van der Waals surface area contributed by atoms with Crippen LogP contribution < -0.4 is 5.32 Å². The van der Waals surface area contributed by atoms with Gasteiger partial charge in [0.15, 0.2) is 0 Å². The van der Waals surface area contributed by atoms with E-state index in [0.29, 0.717) is 51.2 Å². The first-order valence-electron chi connectivity index (χ1n) is 9.90. The number of piperazine rings is 1. The van der Waals surface area contributed by atoms with Gasteiger partial charge in [0, 0.05) is 31.9 Å². The molecule has 2 rings (SSSR count). The number of amides is 2. The molecule has 0 bridgehead atoms. The van der Waals surface area contributed by atoms with Crippen molar-refractivity contribution in [2.24, 2.45) is 0 Å². The molecule has 1 aromatic rings. The number of para-hydroxylation sites is 1. The van der Waals surface area contributed by atoms with Gasteiger partial charge in [-0.1, -0.05) is 45.9 Å². The summed E-state index contributed by atoms with van der Waals surface area (Å²) < 4.78 is 5.04. The van der Waals surface area contributed by atoms with Gasteiger partial charge in [-0.25, -0.2) is 4.79 Å². The van der Waals surface area contributed by atoms with E-state index in [4.69, 9.17) is 4.74 Å². The normalized spacial score (nSPS) is 15.3. The molecular weight excluding hydrogens is 342 g/mol. The van der Waals surface area contributed by atoms with Gasteiger partial charge >= 0.3 is 6.09 Å². The summed E-state index contributed by atoms with van der Waals surface area (Å²) in [5.74, 6) is 0.675. The molecule has 1 saturated heterocycles. The van der Waals surface area contributed by atoms with Gasteiger partial charge in [-0.3, -0.25) is 9.69 Å². The minimum Gasteiger partial charge on any atom is -0.450 e. The number of hydrogen-bond acceptors (Lipinski definition) is 4. The smallest absolute Gasteiger partial charge is 0.409 e. The van der Waals surface area contributed by atoms with Crippen LogP contribution in [0.2, 0.25) is 0 Å². The van der Waals surface area contributed by atoms with Crippen LogP contribution in [0, 0.1) is 0 Å². The minimum atomic E-state index is -0.269. The molecule has 150 valence electrons. The first-order valence-corrected chi connectivity index (χ1v) is 9.90. The van der Waals surface area contributed by atoms with Gasteiger partial charge in [0.25, 0.3) is 0 Å². The van der Waals surface area contributed by atoms with Crippen LogP contribution in [-0.4, -0.2) is 61.1 Å². The average Bonchev–Trinajstić information content (AvgIpc) is 2.62. The highest BCUT2D eigenvalue weighted by Crippen LogP contribution is 2.32. The second-order valence-corrected chi connectivity index (χ2v) is 7.63. The Bertz CT molecular complexity index is 624. The highest BCUT2D eigenvalue weighted by molar-refractivity contribution is 5.94. The van der Waals surface area contributed by atoms with Crippen LogP contribution in [0.5, 0.6) is 0 Å². The number of carbonyl (C=O) groups is 2. The number of ether oxygens (including phenoxy) is 1. The molecule has 1 aliphatic rings. The topological polar surface area (TPSA) is 61.9 Å². The molecule has 0 unspecified atom stereocenters. The largest absolute Gasteiger partial charge is 0.450 e. The molecule has 1 fully saturated rings. The van der Waals surface area contributed by atoms with Crippen molar-refractivity contribution < 1.29 is 14.3 Å². The molecular formula is C21H33N3O3. The van der Waals surface area contributed by atoms with E-state index in [-0.39, 0.29) is 12.0 Å². The summed E-state index contributed by atoms with van der Waals surface area (Å²) in [5.41, 5.74) is 3.29. The summed E-state index contributed by atoms with van der Waals surface area (Å²) in [6.45, 7) is 13.6. The number of hydrogen-bond donors (Lipinski definition) is 1. The summed E-state index contributed by atoms with van der Waals surface area (Å²) in [7, 11) is 0. The Kier molecular flexibility index (Phi) is 7.66. The van der Waals surface area contributed by atoms with Crippen molar-refractivity contribution in [1.82, 2.24) is 9.80 Å². The Hall–Kier alpha value is -2.08. The minimum absolute atomic E-state index is 0.00501. The SMILES string of the molecule is CCOC(=O)N1CCN(CC(=O)Nc2c(C(C)C)cccc2C(C)C)CC1. The lowest BCUT2D eigenvalue weighted by Crippen LogP contribution is -2.50. The molecule has 1 heterocycles. The maximum Gasteiger partial charge on any atom is 0.409 e. The third-order valence-electron chi connectivity index (χ3n) is 4.90. The van der Waals surface area contributed by atoms with Crippen LogP contribution in [0.1, 0.15) is 57.6 Å². The zero-order chi connectivity index (χ0) is 20.0. The Labute approximate surface area is 162 Å². The summed E-state index contributed by atoms with van der Waals surface area (Å²) in [4.78, 5) is 28.2. The van der Waals surface area contributed by atoms with Gasteiger partial charge < -0.3 is 15.0 Å². The van der Waals surface area contributed by atoms with Crippen LogP contribution >= 0.6 is 0 Å². The first kappa shape index (κ1) is 21.2. The molecule has 2 amide bonds. The van der Waals surface area contributed by atoms with Crippen molar-refractivity contribution in [3.8, 4) is 0 Å². The standard InChI is InChI=1S/C21H33N3O3/c1-6-27-21(26)24-12-10-23(11-13-24)14-19(25)22-20-17(15(2)3)8-7-9-18(20)16(4)5/h7-9,15-16H,6,10-14H2,1-5H3,(H,22,25). The molecule has 6 heteroatoms. The first-order chi connectivity index (χ1) is 12.8. The van der Waals surface area contributed by atoms with Crippen molar-refractivity contribution in [1.29, 1.82) is 0 Å². The van der Waals surface area contributed by atoms with Crippen molar-refractivity contribution in [3.05, 3.63) is 29.3 Å².